The highest BCUT2D eigenvalue weighted by Crippen LogP contribution is 2.22. The molecule has 0 aliphatic carbocycles. The van der Waals surface area contributed by atoms with E-state index in [0.717, 1.165) is 17.0 Å². The quantitative estimate of drug-likeness (QED) is 0.717. The third-order valence-electron chi connectivity index (χ3n) is 3.85. The van der Waals surface area contributed by atoms with Crippen molar-refractivity contribution < 1.29 is 8.78 Å². The zero-order chi connectivity index (χ0) is 18.1. The molecule has 0 fully saturated rings. The summed E-state index contributed by atoms with van der Waals surface area (Å²) in [7, 11) is 0. The fraction of sp³-hybridized carbons (Fsp3) is 0.235. The number of thiazole rings is 1. The van der Waals surface area contributed by atoms with E-state index in [0.29, 0.717) is 22.9 Å². The number of nitriles is 1. The minimum atomic E-state index is -0.924. The summed E-state index contributed by atoms with van der Waals surface area (Å²) < 4.78 is 27.9. The van der Waals surface area contributed by atoms with Crippen molar-refractivity contribution in [1.82, 2.24) is 9.38 Å². The summed E-state index contributed by atoms with van der Waals surface area (Å²) in [5.41, 5.74) is 0.963. The second-order valence-corrected chi connectivity index (χ2v) is 6.62. The first kappa shape index (κ1) is 17.0. The average Bonchev–Trinajstić information content (AvgIpc) is 2.90. The van der Waals surface area contributed by atoms with Crippen molar-refractivity contribution in [2.75, 3.05) is 11.4 Å². The molecule has 1 aromatic carbocycles. The van der Waals surface area contributed by atoms with Crippen LogP contribution in [0.5, 0.6) is 0 Å². The first-order valence-electron chi connectivity index (χ1n) is 7.56. The van der Waals surface area contributed by atoms with E-state index in [1.807, 2.05) is 13.0 Å². The zero-order valence-electron chi connectivity index (χ0n) is 13.6. The first-order chi connectivity index (χ1) is 11.9. The monoisotopic (exact) mass is 360 g/mol. The maximum Gasteiger partial charge on any atom is 0.259 e. The van der Waals surface area contributed by atoms with E-state index in [4.69, 9.17) is 0 Å². The predicted octanol–water partition coefficient (Wildman–Crippen LogP) is 3.24. The van der Waals surface area contributed by atoms with Crippen LogP contribution in [0.1, 0.15) is 23.2 Å². The van der Waals surface area contributed by atoms with Gasteiger partial charge in [-0.3, -0.25) is 4.79 Å². The molecule has 3 aromatic rings. The molecule has 0 radical (unpaired) electrons. The van der Waals surface area contributed by atoms with Crippen LogP contribution in [0.3, 0.4) is 0 Å². The lowest BCUT2D eigenvalue weighted by molar-refractivity contribution is 0.508. The van der Waals surface area contributed by atoms with Crippen molar-refractivity contribution >= 4 is 22.0 Å². The van der Waals surface area contributed by atoms with E-state index in [1.165, 1.54) is 27.9 Å². The van der Waals surface area contributed by atoms with Crippen LogP contribution in [0, 0.1) is 29.9 Å². The third-order valence-corrected chi connectivity index (χ3v) is 4.81. The lowest BCUT2D eigenvalue weighted by Gasteiger charge is -2.22. The lowest BCUT2D eigenvalue weighted by Crippen LogP contribution is -2.25. The maximum atomic E-state index is 13.5. The van der Waals surface area contributed by atoms with Gasteiger partial charge < -0.3 is 4.90 Å². The van der Waals surface area contributed by atoms with Gasteiger partial charge in [-0.2, -0.15) is 5.26 Å². The molecule has 0 unspecified atom stereocenters. The Bertz CT molecular complexity index is 1050. The lowest BCUT2D eigenvalue weighted by atomic mass is 10.2. The zero-order valence-corrected chi connectivity index (χ0v) is 14.4. The van der Waals surface area contributed by atoms with Crippen LogP contribution >= 0.6 is 11.3 Å². The highest BCUT2D eigenvalue weighted by molar-refractivity contribution is 7.17. The molecule has 2 aromatic heterocycles. The van der Waals surface area contributed by atoms with E-state index >= 15 is 0 Å². The number of hydrogen-bond acceptors (Lipinski definition) is 5. The molecule has 3 rings (SSSR count). The Hall–Kier alpha value is -2.79. The standard InChI is InChI=1S/C17H14F2N4OS/c1-3-22(12-4-5-13(18)14(19)7-12)9-11-6-16(24)23-15(8-20)10(2)25-17(23)21-11/h4-7H,3,9H2,1-2H3. The number of fused-ring (bicyclic) bond motifs is 1. The van der Waals surface area contributed by atoms with Crippen molar-refractivity contribution in [2.24, 2.45) is 0 Å². The highest BCUT2D eigenvalue weighted by atomic mass is 32.1. The number of rotatable bonds is 4. The molecule has 0 aliphatic heterocycles. The summed E-state index contributed by atoms with van der Waals surface area (Å²) in [6.07, 6.45) is 0. The van der Waals surface area contributed by atoms with Crippen LogP contribution in [-0.2, 0) is 6.54 Å². The number of anilines is 1. The van der Waals surface area contributed by atoms with Crippen LogP contribution in [0.2, 0.25) is 0 Å². The van der Waals surface area contributed by atoms with E-state index in [9.17, 15) is 18.8 Å². The Morgan fingerprint density at radius 1 is 1.32 bits per heavy atom. The number of hydrogen-bond donors (Lipinski definition) is 0. The third kappa shape index (κ3) is 3.10. The van der Waals surface area contributed by atoms with Gasteiger partial charge in [-0.15, -0.1) is 11.3 Å². The molecular weight excluding hydrogens is 346 g/mol. The molecule has 8 heteroatoms. The number of halogens is 2. The normalized spacial score (nSPS) is 10.8. The molecule has 0 spiro atoms. The van der Waals surface area contributed by atoms with Crippen LogP contribution in [0.4, 0.5) is 14.5 Å². The van der Waals surface area contributed by atoms with Crippen LogP contribution in [-0.4, -0.2) is 15.9 Å². The molecule has 0 bridgehead atoms. The van der Waals surface area contributed by atoms with Crippen LogP contribution in [0.15, 0.2) is 29.1 Å². The molecule has 0 aliphatic rings. The first-order valence-corrected chi connectivity index (χ1v) is 8.38. The summed E-state index contributed by atoms with van der Waals surface area (Å²) >= 11 is 1.27. The molecule has 0 amide bonds. The van der Waals surface area contributed by atoms with Gasteiger partial charge in [0, 0.05) is 29.2 Å². The van der Waals surface area contributed by atoms with Crippen molar-refractivity contribution in [3.8, 4) is 6.07 Å². The van der Waals surface area contributed by atoms with Gasteiger partial charge in [0.1, 0.15) is 11.8 Å². The Kier molecular flexibility index (Phi) is 4.51. The molecule has 0 atom stereocenters. The summed E-state index contributed by atoms with van der Waals surface area (Å²) in [4.78, 5) is 19.7. The van der Waals surface area contributed by atoms with Crippen LogP contribution < -0.4 is 10.5 Å². The largest absolute Gasteiger partial charge is 0.366 e. The number of nitrogens with zero attached hydrogens (tertiary/aromatic N) is 4. The Morgan fingerprint density at radius 2 is 2.08 bits per heavy atom. The van der Waals surface area contributed by atoms with Gasteiger partial charge >= 0.3 is 0 Å². The summed E-state index contributed by atoms with van der Waals surface area (Å²) in [6, 6.07) is 7.05. The molecule has 0 N–H and O–H groups in total. The number of aryl methyl sites for hydroxylation is 1. The number of benzene rings is 1. The predicted molar refractivity (Wildman–Crippen MR) is 91.9 cm³/mol. The minimum absolute atomic E-state index is 0.270. The highest BCUT2D eigenvalue weighted by Gasteiger charge is 2.15. The van der Waals surface area contributed by atoms with Gasteiger partial charge in [-0.25, -0.2) is 18.2 Å². The van der Waals surface area contributed by atoms with Gasteiger partial charge in [-0.1, -0.05) is 0 Å². The fourth-order valence-electron chi connectivity index (χ4n) is 2.60. The van der Waals surface area contributed by atoms with Crippen molar-refractivity contribution in [2.45, 2.75) is 20.4 Å². The van der Waals surface area contributed by atoms with Crippen molar-refractivity contribution in [3.05, 3.63) is 62.5 Å². The van der Waals surface area contributed by atoms with Gasteiger partial charge in [0.25, 0.3) is 5.56 Å². The Labute approximate surface area is 146 Å². The van der Waals surface area contributed by atoms with E-state index in [1.54, 1.807) is 11.8 Å². The SMILES string of the molecule is CCN(Cc1cc(=O)n2c(C#N)c(C)sc2n1)c1ccc(F)c(F)c1. The summed E-state index contributed by atoms with van der Waals surface area (Å²) in [5.74, 6) is -1.83. The summed E-state index contributed by atoms with van der Waals surface area (Å²) in [6.45, 7) is 4.43. The minimum Gasteiger partial charge on any atom is -0.366 e. The second-order valence-electron chi connectivity index (χ2n) is 5.43. The van der Waals surface area contributed by atoms with Gasteiger partial charge in [0.15, 0.2) is 16.6 Å². The van der Waals surface area contributed by atoms with E-state index in [-0.39, 0.29) is 17.8 Å². The topological polar surface area (TPSA) is 61.4 Å². The van der Waals surface area contributed by atoms with Crippen molar-refractivity contribution in [1.29, 1.82) is 5.26 Å². The average molecular weight is 360 g/mol. The van der Waals surface area contributed by atoms with Gasteiger partial charge in [0.2, 0.25) is 0 Å². The van der Waals surface area contributed by atoms with Crippen LogP contribution in [0.25, 0.3) is 4.96 Å². The molecular formula is C17H14F2N4OS. The fourth-order valence-corrected chi connectivity index (χ4v) is 3.54. The molecule has 2 heterocycles. The molecule has 25 heavy (non-hydrogen) atoms. The Morgan fingerprint density at radius 3 is 2.72 bits per heavy atom. The molecule has 0 saturated carbocycles. The van der Waals surface area contributed by atoms with Gasteiger partial charge in [0.05, 0.1) is 12.2 Å². The van der Waals surface area contributed by atoms with E-state index < -0.39 is 11.6 Å². The smallest absolute Gasteiger partial charge is 0.259 e. The maximum absolute atomic E-state index is 13.5. The van der Waals surface area contributed by atoms with E-state index in [2.05, 4.69) is 4.98 Å². The number of aromatic nitrogens is 2. The Balaban J connectivity index is 2.00. The molecule has 128 valence electrons. The van der Waals surface area contributed by atoms with Crippen molar-refractivity contribution in [3.63, 3.8) is 0 Å². The van der Waals surface area contributed by atoms with Gasteiger partial charge in [-0.05, 0) is 26.0 Å². The molecule has 5 nitrogen and oxygen atoms in total. The second kappa shape index (κ2) is 6.61. The summed E-state index contributed by atoms with van der Waals surface area (Å²) in [5, 5.41) is 9.17. The molecule has 0 saturated heterocycles.